The van der Waals surface area contributed by atoms with Gasteiger partial charge in [-0.2, -0.15) is 9.29 Å². The Kier molecular flexibility index (Phi) is 5.86. The van der Waals surface area contributed by atoms with Gasteiger partial charge in [-0.05, 0) is 31.5 Å². The minimum Gasteiger partial charge on any atom is -0.497 e. The van der Waals surface area contributed by atoms with Gasteiger partial charge in [0.1, 0.15) is 5.75 Å². The molecule has 0 bridgehead atoms. The van der Waals surface area contributed by atoms with E-state index in [2.05, 4.69) is 15.0 Å². The highest BCUT2D eigenvalue weighted by Crippen LogP contribution is 2.34. The molecular weight excluding hydrogens is 396 g/mol. The van der Waals surface area contributed by atoms with Gasteiger partial charge in [0.15, 0.2) is 5.82 Å². The summed E-state index contributed by atoms with van der Waals surface area (Å²) in [7, 11) is -0.352. The summed E-state index contributed by atoms with van der Waals surface area (Å²) in [5, 5.41) is 4.13. The maximum atomic E-state index is 12.8. The van der Waals surface area contributed by atoms with Crippen LogP contribution in [-0.2, 0) is 14.8 Å². The minimum absolute atomic E-state index is 0.0540. The Morgan fingerprint density at radius 1 is 1.28 bits per heavy atom. The topological polar surface area (TPSA) is 98.0 Å². The van der Waals surface area contributed by atoms with Crippen molar-refractivity contribution < 1.29 is 22.4 Å². The maximum Gasteiger partial charge on any atom is 0.244 e. The van der Waals surface area contributed by atoms with Crippen LogP contribution in [0, 0.1) is 0 Å². The van der Waals surface area contributed by atoms with Crippen molar-refractivity contribution in [2.24, 2.45) is 0 Å². The summed E-state index contributed by atoms with van der Waals surface area (Å²) >= 11 is 0. The van der Waals surface area contributed by atoms with Crippen LogP contribution in [0.2, 0.25) is 0 Å². The predicted molar refractivity (Wildman–Crippen MR) is 104 cm³/mol. The van der Waals surface area contributed by atoms with Crippen LogP contribution in [0.3, 0.4) is 0 Å². The Hall–Kier alpha value is -2.01. The number of methoxy groups -OCH3 is 2. The second-order valence-corrected chi connectivity index (χ2v) is 9.31. The molecule has 3 heterocycles. The van der Waals surface area contributed by atoms with Gasteiger partial charge in [0.25, 0.3) is 0 Å². The molecule has 2 fully saturated rings. The van der Waals surface area contributed by atoms with Crippen molar-refractivity contribution in [3.63, 3.8) is 0 Å². The van der Waals surface area contributed by atoms with Crippen molar-refractivity contribution in [3.05, 3.63) is 36.0 Å². The molecule has 0 N–H and O–H groups in total. The third-order valence-corrected chi connectivity index (χ3v) is 7.41. The number of sulfonamides is 1. The number of rotatable bonds is 8. The normalized spacial score (nSPS) is 21.4. The van der Waals surface area contributed by atoms with Gasteiger partial charge in [-0.3, -0.25) is 4.90 Å². The van der Waals surface area contributed by atoms with Crippen LogP contribution in [0.4, 0.5) is 0 Å². The highest BCUT2D eigenvalue weighted by molar-refractivity contribution is 7.89. The van der Waals surface area contributed by atoms with Gasteiger partial charge >= 0.3 is 0 Å². The van der Waals surface area contributed by atoms with Crippen LogP contribution in [-0.4, -0.2) is 74.8 Å². The van der Waals surface area contributed by atoms with E-state index in [0.29, 0.717) is 37.2 Å². The Labute approximate surface area is 170 Å². The molecule has 9 nitrogen and oxygen atoms in total. The number of hydrogen-bond donors (Lipinski definition) is 0. The molecule has 2 aliphatic heterocycles. The second-order valence-electron chi connectivity index (χ2n) is 7.38. The van der Waals surface area contributed by atoms with Gasteiger partial charge < -0.3 is 14.0 Å². The average molecular weight is 423 g/mol. The molecular formula is C19H26N4O5S. The van der Waals surface area contributed by atoms with Crippen molar-refractivity contribution >= 4 is 10.0 Å². The summed E-state index contributed by atoms with van der Waals surface area (Å²) in [5.41, 5.74) is 0. The summed E-state index contributed by atoms with van der Waals surface area (Å²) in [6.07, 6.45) is 2.06. The summed E-state index contributed by atoms with van der Waals surface area (Å²) < 4.78 is 42.9. The van der Waals surface area contributed by atoms with E-state index in [-0.39, 0.29) is 16.9 Å². The van der Waals surface area contributed by atoms with Gasteiger partial charge in [-0.15, -0.1) is 0 Å². The first-order valence-corrected chi connectivity index (χ1v) is 11.2. The molecule has 2 aromatic rings. The first kappa shape index (κ1) is 20.3. The first-order chi connectivity index (χ1) is 14.0. The molecule has 0 radical (unpaired) electrons. The molecule has 0 unspecified atom stereocenters. The Bertz CT molecular complexity index is 942. The standard InChI is InChI=1S/C19H26N4O5S/c1-26-10-9-22-8-4-7-17(22)19-20-18(21-28-19)14-12-23(13-14)29(24,25)16-6-3-5-15(11-16)27-2/h3,5-6,11,14,17H,4,7-10,12-13H2,1-2H3/t17-/m0/s1. The van der Waals surface area contributed by atoms with E-state index in [1.807, 2.05) is 0 Å². The van der Waals surface area contributed by atoms with Gasteiger partial charge in [-0.25, -0.2) is 8.42 Å². The highest BCUT2D eigenvalue weighted by Gasteiger charge is 2.41. The van der Waals surface area contributed by atoms with Crippen molar-refractivity contribution in [1.82, 2.24) is 19.3 Å². The van der Waals surface area contributed by atoms with E-state index in [1.165, 1.54) is 17.5 Å². The van der Waals surface area contributed by atoms with E-state index in [1.54, 1.807) is 25.3 Å². The molecule has 1 aromatic carbocycles. The van der Waals surface area contributed by atoms with Crippen LogP contribution in [0.15, 0.2) is 33.7 Å². The van der Waals surface area contributed by atoms with Crippen LogP contribution in [0.1, 0.15) is 36.5 Å². The average Bonchev–Trinajstić information content (AvgIpc) is 3.34. The molecule has 4 rings (SSSR count). The Balaban J connectivity index is 1.40. The summed E-state index contributed by atoms with van der Waals surface area (Å²) in [6, 6.07) is 6.61. The quantitative estimate of drug-likeness (QED) is 0.633. The zero-order valence-corrected chi connectivity index (χ0v) is 17.5. The zero-order chi connectivity index (χ0) is 20.4. The zero-order valence-electron chi connectivity index (χ0n) is 16.7. The highest BCUT2D eigenvalue weighted by atomic mass is 32.2. The minimum atomic E-state index is -3.56. The fourth-order valence-electron chi connectivity index (χ4n) is 3.84. The number of likely N-dealkylation sites (tertiary alicyclic amines) is 1. The van der Waals surface area contributed by atoms with E-state index in [9.17, 15) is 8.42 Å². The molecule has 2 saturated heterocycles. The molecule has 0 aliphatic carbocycles. The lowest BCUT2D eigenvalue weighted by Gasteiger charge is -2.36. The lowest BCUT2D eigenvalue weighted by atomic mass is 10.0. The SMILES string of the molecule is COCCN1CCC[C@H]1c1nc(C2CN(S(=O)(=O)c3cccc(OC)c3)C2)no1. The summed E-state index contributed by atoms with van der Waals surface area (Å²) in [5.74, 6) is 1.65. The molecule has 0 saturated carbocycles. The monoisotopic (exact) mass is 422 g/mol. The Morgan fingerprint density at radius 3 is 2.86 bits per heavy atom. The number of ether oxygens (including phenoxy) is 2. The first-order valence-electron chi connectivity index (χ1n) is 9.73. The van der Waals surface area contributed by atoms with E-state index in [0.717, 1.165) is 25.9 Å². The number of benzene rings is 1. The fraction of sp³-hybridized carbons (Fsp3) is 0.579. The van der Waals surface area contributed by atoms with Gasteiger partial charge in [0, 0.05) is 32.8 Å². The lowest BCUT2D eigenvalue weighted by molar-refractivity contribution is 0.129. The van der Waals surface area contributed by atoms with Gasteiger partial charge in [0.05, 0.1) is 30.6 Å². The second kappa shape index (κ2) is 8.39. The molecule has 0 spiro atoms. The Morgan fingerprint density at radius 2 is 2.10 bits per heavy atom. The van der Waals surface area contributed by atoms with E-state index >= 15 is 0 Å². The lowest BCUT2D eigenvalue weighted by Crippen LogP contribution is -2.48. The molecule has 29 heavy (non-hydrogen) atoms. The van der Waals surface area contributed by atoms with Crippen LogP contribution in [0.5, 0.6) is 5.75 Å². The third-order valence-electron chi connectivity index (χ3n) is 5.58. The number of aromatic nitrogens is 2. The molecule has 10 heteroatoms. The van der Waals surface area contributed by atoms with E-state index in [4.69, 9.17) is 14.0 Å². The van der Waals surface area contributed by atoms with Gasteiger partial charge in [-0.1, -0.05) is 11.2 Å². The van der Waals surface area contributed by atoms with Crippen molar-refractivity contribution in [2.45, 2.75) is 29.7 Å². The van der Waals surface area contributed by atoms with Crippen molar-refractivity contribution in [1.29, 1.82) is 0 Å². The summed E-state index contributed by atoms with van der Waals surface area (Å²) in [6.45, 7) is 3.17. The van der Waals surface area contributed by atoms with Crippen molar-refractivity contribution in [3.8, 4) is 5.75 Å². The van der Waals surface area contributed by atoms with Crippen molar-refractivity contribution in [2.75, 3.05) is 47.0 Å². The molecule has 158 valence electrons. The van der Waals surface area contributed by atoms with Crippen LogP contribution in [0.25, 0.3) is 0 Å². The molecule has 2 aliphatic rings. The van der Waals surface area contributed by atoms with Crippen LogP contribution >= 0.6 is 0 Å². The smallest absolute Gasteiger partial charge is 0.244 e. The maximum absolute atomic E-state index is 12.8. The molecule has 1 atom stereocenters. The van der Waals surface area contributed by atoms with Gasteiger partial charge in [0.2, 0.25) is 15.9 Å². The largest absolute Gasteiger partial charge is 0.497 e. The van der Waals surface area contributed by atoms with Crippen LogP contribution < -0.4 is 4.74 Å². The molecule has 1 aromatic heterocycles. The predicted octanol–water partition coefficient (Wildman–Crippen LogP) is 1.65. The fourth-order valence-corrected chi connectivity index (χ4v) is 5.40. The van der Waals surface area contributed by atoms with E-state index < -0.39 is 10.0 Å². The third kappa shape index (κ3) is 4.02. The number of nitrogens with zero attached hydrogens (tertiary/aromatic N) is 4. The molecule has 0 amide bonds. The number of hydrogen-bond acceptors (Lipinski definition) is 8. The summed E-state index contributed by atoms with van der Waals surface area (Å²) in [4.78, 5) is 7.11.